The van der Waals surface area contributed by atoms with Crippen LogP contribution in [0.1, 0.15) is 45.1 Å². The van der Waals surface area contributed by atoms with Gasteiger partial charge in [-0.3, -0.25) is 5.32 Å². The van der Waals surface area contributed by atoms with Crippen molar-refractivity contribution in [2.75, 3.05) is 0 Å². The van der Waals surface area contributed by atoms with E-state index in [1.165, 1.54) is 12.1 Å². The number of benzene rings is 1. The molecule has 1 aliphatic carbocycles. The predicted octanol–water partition coefficient (Wildman–Crippen LogP) is 3.72. The highest BCUT2D eigenvalue weighted by Gasteiger charge is 2.38. The van der Waals surface area contributed by atoms with Gasteiger partial charge in [0.25, 0.3) is 0 Å². The molecule has 0 heterocycles. The Balaban J connectivity index is 2.11. The summed E-state index contributed by atoms with van der Waals surface area (Å²) >= 11 is 0. The lowest BCUT2D eigenvalue weighted by atomic mass is 9.80. The highest BCUT2D eigenvalue weighted by Crippen LogP contribution is 2.32. The molecule has 1 aromatic carbocycles. The van der Waals surface area contributed by atoms with E-state index in [0.29, 0.717) is 12.2 Å². The summed E-state index contributed by atoms with van der Waals surface area (Å²) in [5, 5.41) is 12.9. The van der Waals surface area contributed by atoms with Gasteiger partial charge in [0.05, 0.1) is 6.07 Å². The SMILES string of the molecule is Cc1ccc(F)cc1OC1CCCC(C#N)(NC(C)C)C1. The van der Waals surface area contributed by atoms with Gasteiger partial charge in [0.2, 0.25) is 0 Å². The Morgan fingerprint density at radius 1 is 1.48 bits per heavy atom. The topological polar surface area (TPSA) is 45.0 Å². The molecule has 1 fully saturated rings. The van der Waals surface area contributed by atoms with Gasteiger partial charge in [-0.1, -0.05) is 6.07 Å². The fourth-order valence-electron chi connectivity index (χ4n) is 3.02. The van der Waals surface area contributed by atoms with Crippen molar-refractivity contribution in [3.63, 3.8) is 0 Å². The van der Waals surface area contributed by atoms with Gasteiger partial charge in [-0.25, -0.2) is 4.39 Å². The molecule has 114 valence electrons. The number of ether oxygens (including phenoxy) is 1. The van der Waals surface area contributed by atoms with E-state index < -0.39 is 5.54 Å². The van der Waals surface area contributed by atoms with Crippen molar-refractivity contribution >= 4 is 0 Å². The van der Waals surface area contributed by atoms with Gasteiger partial charge in [-0.2, -0.15) is 5.26 Å². The standard InChI is InChI=1S/C17H23FN2O/c1-12(2)20-17(11-19)8-4-5-15(10-17)21-16-9-14(18)7-6-13(16)3/h6-7,9,12,15,20H,4-5,8,10H2,1-3H3. The zero-order valence-electron chi connectivity index (χ0n) is 12.9. The number of nitrogens with zero attached hydrogens (tertiary/aromatic N) is 1. The van der Waals surface area contributed by atoms with Crippen LogP contribution in [0.4, 0.5) is 4.39 Å². The predicted molar refractivity (Wildman–Crippen MR) is 80.6 cm³/mol. The van der Waals surface area contributed by atoms with Gasteiger partial charge < -0.3 is 4.74 Å². The average molecular weight is 290 g/mol. The van der Waals surface area contributed by atoms with E-state index >= 15 is 0 Å². The number of hydrogen-bond donors (Lipinski definition) is 1. The molecule has 0 saturated heterocycles. The van der Waals surface area contributed by atoms with Gasteiger partial charge >= 0.3 is 0 Å². The molecule has 1 aromatic rings. The molecule has 3 nitrogen and oxygen atoms in total. The molecular weight excluding hydrogens is 267 g/mol. The Labute approximate surface area is 126 Å². The maximum absolute atomic E-state index is 13.3. The molecule has 0 bridgehead atoms. The van der Waals surface area contributed by atoms with E-state index in [-0.39, 0.29) is 18.0 Å². The second-order valence-corrected chi connectivity index (χ2v) is 6.24. The number of halogens is 1. The molecule has 2 rings (SSSR count). The molecule has 0 aliphatic heterocycles. The molecule has 2 atom stereocenters. The first-order valence-electron chi connectivity index (χ1n) is 7.56. The summed E-state index contributed by atoms with van der Waals surface area (Å²) in [5.74, 6) is 0.288. The highest BCUT2D eigenvalue weighted by molar-refractivity contribution is 5.33. The Hall–Kier alpha value is -1.60. The minimum atomic E-state index is -0.529. The van der Waals surface area contributed by atoms with Gasteiger partial charge in [0, 0.05) is 18.5 Å². The van der Waals surface area contributed by atoms with Gasteiger partial charge in [0.1, 0.15) is 23.2 Å². The molecule has 1 N–H and O–H groups in total. The smallest absolute Gasteiger partial charge is 0.126 e. The van der Waals surface area contributed by atoms with Gasteiger partial charge in [0.15, 0.2) is 0 Å². The molecule has 21 heavy (non-hydrogen) atoms. The zero-order chi connectivity index (χ0) is 15.5. The summed E-state index contributed by atoms with van der Waals surface area (Å²) in [5.41, 5.74) is 0.388. The molecule has 0 radical (unpaired) electrons. The number of hydrogen-bond acceptors (Lipinski definition) is 3. The second kappa shape index (κ2) is 6.44. The Morgan fingerprint density at radius 3 is 2.90 bits per heavy atom. The monoisotopic (exact) mass is 290 g/mol. The van der Waals surface area contributed by atoms with E-state index in [9.17, 15) is 9.65 Å². The van der Waals surface area contributed by atoms with Crippen LogP contribution in [-0.2, 0) is 0 Å². The van der Waals surface area contributed by atoms with Crippen LogP contribution in [0.25, 0.3) is 0 Å². The van der Waals surface area contributed by atoms with Crippen LogP contribution in [0.5, 0.6) is 5.75 Å². The summed E-state index contributed by atoms with van der Waals surface area (Å²) in [6, 6.07) is 7.25. The number of rotatable bonds is 4. The van der Waals surface area contributed by atoms with Crippen LogP contribution in [0.3, 0.4) is 0 Å². The van der Waals surface area contributed by atoms with Crippen molar-refractivity contribution in [1.29, 1.82) is 5.26 Å². The Kier molecular flexibility index (Phi) is 4.84. The highest BCUT2D eigenvalue weighted by atomic mass is 19.1. The minimum absolute atomic E-state index is 0.0508. The maximum Gasteiger partial charge on any atom is 0.126 e. The molecule has 1 saturated carbocycles. The largest absolute Gasteiger partial charge is 0.490 e. The second-order valence-electron chi connectivity index (χ2n) is 6.24. The zero-order valence-corrected chi connectivity index (χ0v) is 12.9. The third kappa shape index (κ3) is 3.95. The summed E-state index contributed by atoms with van der Waals surface area (Å²) in [7, 11) is 0. The molecule has 4 heteroatoms. The lowest BCUT2D eigenvalue weighted by molar-refractivity contribution is 0.108. The van der Waals surface area contributed by atoms with Gasteiger partial charge in [-0.15, -0.1) is 0 Å². The van der Waals surface area contributed by atoms with Crippen molar-refractivity contribution in [3.05, 3.63) is 29.6 Å². The summed E-state index contributed by atoms with van der Waals surface area (Å²) in [4.78, 5) is 0. The molecule has 0 aromatic heterocycles. The Morgan fingerprint density at radius 2 is 2.24 bits per heavy atom. The van der Waals surface area contributed by atoms with Crippen molar-refractivity contribution in [2.45, 2.75) is 64.1 Å². The molecule has 0 spiro atoms. The third-order valence-corrected chi connectivity index (χ3v) is 3.93. The lowest BCUT2D eigenvalue weighted by Crippen LogP contribution is -2.52. The quantitative estimate of drug-likeness (QED) is 0.919. The fourth-order valence-corrected chi connectivity index (χ4v) is 3.02. The van der Waals surface area contributed by atoms with Crippen LogP contribution in [0.2, 0.25) is 0 Å². The molecule has 0 amide bonds. The van der Waals surface area contributed by atoms with E-state index in [1.54, 1.807) is 6.07 Å². The molecular formula is C17H23FN2O. The number of nitrogens with one attached hydrogen (secondary N) is 1. The van der Waals surface area contributed by atoms with Crippen LogP contribution in [-0.4, -0.2) is 17.7 Å². The number of nitriles is 1. The first kappa shape index (κ1) is 15.8. The summed E-state index contributed by atoms with van der Waals surface area (Å²) in [6.07, 6.45) is 3.26. The Bertz CT molecular complexity index is 538. The van der Waals surface area contributed by atoms with Gasteiger partial charge in [-0.05, 0) is 51.7 Å². The summed E-state index contributed by atoms with van der Waals surface area (Å²) < 4.78 is 19.3. The normalized spacial score (nSPS) is 25.6. The van der Waals surface area contributed by atoms with E-state index in [2.05, 4.69) is 11.4 Å². The van der Waals surface area contributed by atoms with Crippen LogP contribution in [0.15, 0.2) is 18.2 Å². The fraction of sp³-hybridized carbons (Fsp3) is 0.588. The van der Waals surface area contributed by atoms with Crippen molar-refractivity contribution < 1.29 is 9.13 Å². The summed E-state index contributed by atoms with van der Waals surface area (Å²) in [6.45, 7) is 5.99. The van der Waals surface area contributed by atoms with Crippen molar-refractivity contribution in [1.82, 2.24) is 5.32 Å². The maximum atomic E-state index is 13.3. The molecule has 1 aliphatic rings. The first-order chi connectivity index (χ1) is 9.94. The minimum Gasteiger partial charge on any atom is -0.490 e. The van der Waals surface area contributed by atoms with E-state index in [1.807, 2.05) is 20.8 Å². The van der Waals surface area contributed by atoms with Crippen molar-refractivity contribution in [3.8, 4) is 11.8 Å². The van der Waals surface area contributed by atoms with Crippen LogP contribution >= 0.6 is 0 Å². The van der Waals surface area contributed by atoms with E-state index in [4.69, 9.17) is 4.74 Å². The average Bonchev–Trinajstić information content (AvgIpc) is 2.42. The van der Waals surface area contributed by atoms with Crippen LogP contribution < -0.4 is 10.1 Å². The van der Waals surface area contributed by atoms with E-state index in [0.717, 1.165) is 24.8 Å². The van der Waals surface area contributed by atoms with Crippen LogP contribution in [0, 0.1) is 24.1 Å². The molecule has 2 unspecified atom stereocenters. The first-order valence-corrected chi connectivity index (χ1v) is 7.56. The number of aryl methyl sites for hydroxylation is 1. The van der Waals surface area contributed by atoms with Crippen molar-refractivity contribution in [2.24, 2.45) is 0 Å². The lowest BCUT2D eigenvalue weighted by Gasteiger charge is -2.38. The third-order valence-electron chi connectivity index (χ3n) is 3.93.